The van der Waals surface area contributed by atoms with E-state index >= 15 is 0 Å². The fourth-order valence-electron chi connectivity index (χ4n) is 1.11. The van der Waals surface area contributed by atoms with E-state index in [-0.39, 0.29) is 17.8 Å². The van der Waals surface area contributed by atoms with Gasteiger partial charge in [0.2, 0.25) is 0 Å². The van der Waals surface area contributed by atoms with E-state index in [1.54, 1.807) is 18.1 Å². The standard InChI is InChI=1S/C7H17N3.C7H14O2.C2H6/c1-3-5-7(8)6-10(9)4-2;1-6(9)7(2,3)4-5-8;1-2/h6H,3-5,8-9H2,1-2H3;8H,4-5H2,1-3H3;1-2H3/b7-6-;;. The van der Waals surface area contributed by atoms with Gasteiger partial charge in [-0.1, -0.05) is 41.0 Å². The Morgan fingerprint density at radius 1 is 1.29 bits per heavy atom. The van der Waals surface area contributed by atoms with Crippen molar-refractivity contribution < 1.29 is 9.90 Å². The van der Waals surface area contributed by atoms with Gasteiger partial charge in [-0.3, -0.25) is 4.79 Å². The first-order chi connectivity index (χ1) is 9.71. The van der Waals surface area contributed by atoms with Crippen molar-refractivity contribution >= 4 is 5.78 Å². The van der Waals surface area contributed by atoms with E-state index in [1.807, 2.05) is 34.6 Å². The van der Waals surface area contributed by atoms with Crippen LogP contribution in [0.1, 0.15) is 67.7 Å². The normalized spacial score (nSPS) is 10.8. The Hall–Kier alpha value is -1.07. The zero-order valence-electron chi connectivity index (χ0n) is 15.1. The predicted molar refractivity (Wildman–Crippen MR) is 91.3 cm³/mol. The van der Waals surface area contributed by atoms with Gasteiger partial charge in [0, 0.05) is 30.5 Å². The van der Waals surface area contributed by atoms with Gasteiger partial charge in [0.25, 0.3) is 0 Å². The molecule has 21 heavy (non-hydrogen) atoms. The van der Waals surface area contributed by atoms with Gasteiger partial charge in [0.1, 0.15) is 5.78 Å². The average molecular weight is 303 g/mol. The molecule has 0 spiro atoms. The molecule has 0 aromatic heterocycles. The molecular formula is C16H37N3O2. The predicted octanol–water partition coefficient (Wildman–Crippen LogP) is 2.79. The number of aliphatic hydroxyl groups excluding tert-OH is 1. The Kier molecular flexibility index (Phi) is 18.2. The largest absolute Gasteiger partial charge is 0.401 e. The maximum atomic E-state index is 10.7. The van der Waals surface area contributed by atoms with Crippen LogP contribution in [0.5, 0.6) is 0 Å². The molecule has 0 aromatic rings. The van der Waals surface area contributed by atoms with E-state index in [1.165, 1.54) is 0 Å². The van der Waals surface area contributed by atoms with E-state index < -0.39 is 0 Å². The van der Waals surface area contributed by atoms with Crippen LogP contribution >= 0.6 is 0 Å². The highest BCUT2D eigenvalue weighted by molar-refractivity contribution is 5.81. The summed E-state index contributed by atoms with van der Waals surface area (Å²) in [5, 5.41) is 10.1. The molecule has 5 nitrogen and oxygen atoms in total. The summed E-state index contributed by atoms with van der Waals surface area (Å²) in [6, 6.07) is 0. The topological polar surface area (TPSA) is 92.6 Å². The summed E-state index contributed by atoms with van der Waals surface area (Å²) in [5.74, 6) is 5.62. The molecular weight excluding hydrogens is 266 g/mol. The minimum atomic E-state index is -0.339. The molecule has 0 saturated heterocycles. The first-order valence-corrected chi connectivity index (χ1v) is 7.80. The van der Waals surface area contributed by atoms with Gasteiger partial charge in [-0.15, -0.1) is 0 Å². The Morgan fingerprint density at radius 2 is 1.76 bits per heavy atom. The molecule has 128 valence electrons. The summed E-state index contributed by atoms with van der Waals surface area (Å²) >= 11 is 0. The van der Waals surface area contributed by atoms with Gasteiger partial charge in [0.05, 0.1) is 0 Å². The number of ketones is 1. The van der Waals surface area contributed by atoms with Crippen LogP contribution in [0.25, 0.3) is 0 Å². The number of aliphatic hydroxyl groups is 1. The van der Waals surface area contributed by atoms with Gasteiger partial charge in [-0.2, -0.15) is 0 Å². The summed E-state index contributed by atoms with van der Waals surface area (Å²) in [6.07, 6.45) is 4.33. The number of hydrazine groups is 1. The van der Waals surface area contributed by atoms with E-state index in [9.17, 15) is 4.79 Å². The van der Waals surface area contributed by atoms with Crippen molar-refractivity contribution in [2.45, 2.75) is 67.7 Å². The van der Waals surface area contributed by atoms with Crippen LogP contribution in [0, 0.1) is 5.41 Å². The van der Waals surface area contributed by atoms with E-state index in [2.05, 4.69) is 6.92 Å². The van der Waals surface area contributed by atoms with Crippen LogP contribution in [0.2, 0.25) is 0 Å². The number of carbonyl (C=O) groups is 1. The fourth-order valence-corrected chi connectivity index (χ4v) is 1.11. The van der Waals surface area contributed by atoms with Gasteiger partial charge >= 0.3 is 0 Å². The molecule has 0 aliphatic rings. The lowest BCUT2D eigenvalue weighted by atomic mass is 9.86. The Balaban J connectivity index is -0.000000277. The highest BCUT2D eigenvalue weighted by Gasteiger charge is 2.21. The van der Waals surface area contributed by atoms with Crippen molar-refractivity contribution in [2.24, 2.45) is 17.0 Å². The monoisotopic (exact) mass is 303 g/mol. The number of nitrogens with two attached hydrogens (primary N) is 2. The molecule has 0 unspecified atom stereocenters. The van der Waals surface area contributed by atoms with Crippen LogP contribution in [0.15, 0.2) is 11.9 Å². The molecule has 0 fully saturated rings. The molecule has 0 aliphatic heterocycles. The molecule has 0 amide bonds. The van der Waals surface area contributed by atoms with Crippen LogP contribution in [-0.4, -0.2) is 29.1 Å². The molecule has 0 radical (unpaired) electrons. The Bertz CT molecular complexity index is 277. The quantitative estimate of drug-likeness (QED) is 0.497. The lowest BCUT2D eigenvalue weighted by Crippen LogP contribution is -2.25. The number of hydrogen-bond acceptors (Lipinski definition) is 5. The van der Waals surface area contributed by atoms with Gasteiger partial charge in [-0.05, 0) is 26.7 Å². The number of nitrogens with zero attached hydrogens (tertiary/aromatic N) is 1. The number of hydrogen-bond donors (Lipinski definition) is 3. The third-order valence-electron chi connectivity index (χ3n) is 2.93. The number of rotatable bonds is 7. The fraction of sp³-hybridized carbons (Fsp3) is 0.812. The lowest BCUT2D eigenvalue weighted by molar-refractivity contribution is -0.125. The summed E-state index contributed by atoms with van der Waals surface area (Å²) < 4.78 is 0. The van der Waals surface area contributed by atoms with Crippen molar-refractivity contribution in [1.82, 2.24) is 5.01 Å². The molecule has 5 N–H and O–H groups in total. The number of Topliss-reactive ketones (excluding diaryl/α,β-unsaturated/α-hetero) is 1. The number of carbonyl (C=O) groups excluding carboxylic acids is 1. The maximum absolute atomic E-state index is 10.7. The van der Waals surface area contributed by atoms with Gasteiger partial charge < -0.3 is 15.8 Å². The smallest absolute Gasteiger partial charge is 0.135 e. The molecule has 0 atom stereocenters. The van der Waals surface area contributed by atoms with Crippen LogP contribution in [0.4, 0.5) is 0 Å². The summed E-state index contributed by atoms with van der Waals surface area (Å²) in [7, 11) is 0. The minimum absolute atomic E-state index is 0.0899. The molecule has 0 bridgehead atoms. The molecule has 0 heterocycles. The maximum Gasteiger partial charge on any atom is 0.135 e. The average Bonchev–Trinajstić information content (AvgIpc) is 2.41. The van der Waals surface area contributed by atoms with Crippen LogP contribution in [0.3, 0.4) is 0 Å². The second-order valence-electron chi connectivity index (χ2n) is 5.20. The molecule has 5 heteroatoms. The highest BCUT2D eigenvalue weighted by atomic mass is 16.3. The zero-order chi connectivity index (χ0) is 17.5. The molecule has 0 rings (SSSR count). The second-order valence-corrected chi connectivity index (χ2v) is 5.20. The van der Waals surface area contributed by atoms with Crippen molar-refractivity contribution in [3.8, 4) is 0 Å². The summed E-state index contributed by atoms with van der Waals surface area (Å²) in [6.45, 7) is 14.2. The van der Waals surface area contributed by atoms with Crippen molar-refractivity contribution in [2.75, 3.05) is 13.2 Å². The van der Waals surface area contributed by atoms with E-state index in [0.29, 0.717) is 6.42 Å². The molecule has 0 saturated carbocycles. The van der Waals surface area contributed by atoms with Gasteiger partial charge in [-0.25, -0.2) is 5.84 Å². The van der Waals surface area contributed by atoms with Crippen LogP contribution < -0.4 is 11.6 Å². The summed E-state index contributed by atoms with van der Waals surface area (Å²) in [4.78, 5) is 10.7. The Labute approximate surface area is 131 Å². The van der Waals surface area contributed by atoms with Crippen LogP contribution in [-0.2, 0) is 4.79 Å². The first-order valence-electron chi connectivity index (χ1n) is 7.80. The summed E-state index contributed by atoms with van der Waals surface area (Å²) in [5.41, 5.74) is 6.12. The Morgan fingerprint density at radius 3 is 2.00 bits per heavy atom. The highest BCUT2D eigenvalue weighted by Crippen LogP contribution is 2.19. The first kappa shape index (κ1) is 24.9. The molecule has 0 aromatic carbocycles. The van der Waals surface area contributed by atoms with E-state index in [0.717, 1.165) is 25.1 Å². The SMILES string of the molecule is CC.CC(=O)C(C)(C)CCO.CCC/C(N)=C/N(N)CC. The second kappa shape index (κ2) is 15.3. The zero-order valence-corrected chi connectivity index (χ0v) is 15.1. The van der Waals surface area contributed by atoms with E-state index in [4.69, 9.17) is 16.7 Å². The molecule has 0 aliphatic carbocycles. The van der Waals surface area contributed by atoms with Crippen molar-refractivity contribution in [3.63, 3.8) is 0 Å². The van der Waals surface area contributed by atoms with Crippen molar-refractivity contribution in [3.05, 3.63) is 11.9 Å². The lowest BCUT2D eigenvalue weighted by Gasteiger charge is -2.18. The van der Waals surface area contributed by atoms with Gasteiger partial charge in [0.15, 0.2) is 0 Å². The minimum Gasteiger partial charge on any atom is -0.401 e. The van der Waals surface area contributed by atoms with Crippen molar-refractivity contribution in [1.29, 1.82) is 0 Å². The third kappa shape index (κ3) is 16.9. The number of allylic oxidation sites excluding steroid dienone is 1. The third-order valence-corrected chi connectivity index (χ3v) is 2.93.